The van der Waals surface area contributed by atoms with Crippen LogP contribution in [-0.4, -0.2) is 64.5 Å². The minimum atomic E-state index is -0.144. The van der Waals surface area contributed by atoms with Gasteiger partial charge in [0.05, 0.1) is 6.61 Å². The molecule has 6 heteroatoms. The number of amides is 1. The van der Waals surface area contributed by atoms with Crippen LogP contribution in [0.1, 0.15) is 57.6 Å². The first-order chi connectivity index (χ1) is 12.2. The van der Waals surface area contributed by atoms with Crippen LogP contribution in [0.25, 0.3) is 0 Å². The van der Waals surface area contributed by atoms with E-state index in [1.807, 2.05) is 18.0 Å². The minimum Gasteiger partial charge on any atom is -0.450 e. The highest BCUT2D eigenvalue weighted by molar-refractivity contribution is 5.67. The number of carbonyl (C=O) groups is 1. The van der Waals surface area contributed by atoms with Crippen molar-refractivity contribution in [1.29, 1.82) is 0 Å². The summed E-state index contributed by atoms with van der Waals surface area (Å²) in [5, 5.41) is 4.42. The summed E-state index contributed by atoms with van der Waals surface area (Å²) in [5.41, 5.74) is 1.40. The van der Waals surface area contributed by atoms with Gasteiger partial charge < -0.3 is 14.5 Å². The summed E-state index contributed by atoms with van der Waals surface area (Å²) in [6.45, 7) is 9.41. The van der Waals surface area contributed by atoms with Crippen molar-refractivity contribution in [3.63, 3.8) is 0 Å². The van der Waals surface area contributed by atoms with E-state index < -0.39 is 0 Å². The molecule has 2 aliphatic heterocycles. The second-order valence-corrected chi connectivity index (χ2v) is 7.15. The summed E-state index contributed by atoms with van der Waals surface area (Å²) in [4.78, 5) is 16.5. The molecule has 1 unspecified atom stereocenters. The number of hydrogen-bond donors (Lipinski definition) is 0. The zero-order chi connectivity index (χ0) is 17.6. The second-order valence-electron chi connectivity index (χ2n) is 7.15. The molecule has 0 spiro atoms. The Kier molecular flexibility index (Phi) is 6.34. The largest absolute Gasteiger partial charge is 0.450 e. The molecule has 0 N–H and O–H groups in total. The van der Waals surface area contributed by atoms with Gasteiger partial charge in [0, 0.05) is 43.5 Å². The fraction of sp³-hybridized carbons (Fsp3) is 0.789. The van der Waals surface area contributed by atoms with Gasteiger partial charge in [-0.3, -0.25) is 4.68 Å². The van der Waals surface area contributed by atoms with E-state index in [9.17, 15) is 4.79 Å². The van der Waals surface area contributed by atoms with Crippen LogP contribution in [0.2, 0.25) is 0 Å². The summed E-state index contributed by atoms with van der Waals surface area (Å²) in [6.07, 6.45) is 7.54. The highest BCUT2D eigenvalue weighted by atomic mass is 16.6. The van der Waals surface area contributed by atoms with Crippen LogP contribution in [0.5, 0.6) is 0 Å². The quantitative estimate of drug-likeness (QED) is 0.839. The predicted octanol–water partition coefficient (Wildman–Crippen LogP) is 3.09. The van der Waals surface area contributed by atoms with Crippen molar-refractivity contribution in [2.75, 3.05) is 32.8 Å². The SMILES string of the molecule is CCOC(=O)N1CCCC(N2CCC(c3ccnn3CC)CC2)CC1. The summed E-state index contributed by atoms with van der Waals surface area (Å²) >= 11 is 0. The van der Waals surface area contributed by atoms with Crippen LogP contribution in [0.15, 0.2) is 12.3 Å². The smallest absolute Gasteiger partial charge is 0.409 e. The topological polar surface area (TPSA) is 50.6 Å². The standard InChI is InChI=1S/C19H32N4O2/c1-3-23-18(7-11-20-23)16-8-13-21(14-9-16)17-6-5-12-22(15-10-17)19(24)25-4-2/h7,11,16-17H,3-6,8-10,12-15H2,1-2H3. The average molecular weight is 348 g/mol. The van der Waals surface area contributed by atoms with E-state index in [4.69, 9.17) is 4.74 Å². The lowest BCUT2D eigenvalue weighted by molar-refractivity contribution is 0.105. The Hall–Kier alpha value is -1.56. The van der Waals surface area contributed by atoms with E-state index in [0.717, 1.165) is 45.6 Å². The minimum absolute atomic E-state index is 0.144. The number of nitrogens with zero attached hydrogens (tertiary/aromatic N) is 4. The molecule has 1 atom stereocenters. The van der Waals surface area contributed by atoms with Crippen LogP contribution in [0.3, 0.4) is 0 Å². The van der Waals surface area contributed by atoms with Crippen molar-refractivity contribution < 1.29 is 9.53 Å². The van der Waals surface area contributed by atoms with E-state index in [1.54, 1.807) is 0 Å². The van der Waals surface area contributed by atoms with Gasteiger partial charge in [-0.2, -0.15) is 5.10 Å². The van der Waals surface area contributed by atoms with Gasteiger partial charge in [0.1, 0.15) is 0 Å². The van der Waals surface area contributed by atoms with Crippen LogP contribution < -0.4 is 0 Å². The van der Waals surface area contributed by atoms with Gasteiger partial charge in [-0.25, -0.2) is 4.79 Å². The molecule has 6 nitrogen and oxygen atoms in total. The molecular weight excluding hydrogens is 316 g/mol. The van der Waals surface area contributed by atoms with Crippen molar-refractivity contribution >= 4 is 6.09 Å². The second kappa shape index (κ2) is 8.70. The molecule has 3 heterocycles. The summed E-state index contributed by atoms with van der Waals surface area (Å²) in [6, 6.07) is 2.80. The Balaban J connectivity index is 1.50. The number of likely N-dealkylation sites (tertiary alicyclic amines) is 2. The van der Waals surface area contributed by atoms with Gasteiger partial charge in [-0.05, 0) is 65.1 Å². The molecule has 2 fully saturated rings. The van der Waals surface area contributed by atoms with Gasteiger partial charge in [0.2, 0.25) is 0 Å². The first kappa shape index (κ1) is 18.2. The summed E-state index contributed by atoms with van der Waals surface area (Å²) in [7, 11) is 0. The van der Waals surface area contributed by atoms with Crippen LogP contribution in [0.4, 0.5) is 4.79 Å². The first-order valence-corrected chi connectivity index (χ1v) is 9.90. The highest BCUT2D eigenvalue weighted by Gasteiger charge is 2.29. The third-order valence-electron chi connectivity index (χ3n) is 5.74. The molecule has 0 bridgehead atoms. The van der Waals surface area contributed by atoms with Crippen molar-refractivity contribution in [1.82, 2.24) is 19.6 Å². The van der Waals surface area contributed by atoms with Gasteiger partial charge >= 0.3 is 6.09 Å². The van der Waals surface area contributed by atoms with E-state index in [1.165, 1.54) is 25.0 Å². The van der Waals surface area contributed by atoms with Crippen LogP contribution in [0, 0.1) is 0 Å². The molecule has 1 aromatic rings. The van der Waals surface area contributed by atoms with Crippen molar-refractivity contribution in [2.24, 2.45) is 0 Å². The monoisotopic (exact) mass is 348 g/mol. The number of rotatable bonds is 4. The van der Waals surface area contributed by atoms with Gasteiger partial charge in [0.25, 0.3) is 0 Å². The fourth-order valence-electron chi connectivity index (χ4n) is 4.36. The van der Waals surface area contributed by atoms with Gasteiger partial charge in [-0.1, -0.05) is 0 Å². The van der Waals surface area contributed by atoms with E-state index >= 15 is 0 Å². The van der Waals surface area contributed by atoms with Crippen molar-refractivity contribution in [3.05, 3.63) is 18.0 Å². The lowest BCUT2D eigenvalue weighted by Crippen LogP contribution is -2.42. The van der Waals surface area contributed by atoms with E-state index in [2.05, 4.69) is 27.7 Å². The Morgan fingerprint density at radius 2 is 1.96 bits per heavy atom. The number of ether oxygens (including phenoxy) is 1. The van der Waals surface area contributed by atoms with Gasteiger partial charge in [0.15, 0.2) is 0 Å². The molecule has 1 aromatic heterocycles. The Morgan fingerprint density at radius 3 is 2.68 bits per heavy atom. The normalized spacial score (nSPS) is 23.4. The van der Waals surface area contributed by atoms with E-state index in [-0.39, 0.29) is 6.09 Å². The lowest BCUT2D eigenvalue weighted by atomic mass is 9.91. The van der Waals surface area contributed by atoms with Crippen molar-refractivity contribution in [3.8, 4) is 0 Å². The molecule has 0 saturated carbocycles. The third-order valence-corrected chi connectivity index (χ3v) is 5.74. The molecule has 3 rings (SSSR count). The van der Waals surface area contributed by atoms with Crippen molar-refractivity contribution in [2.45, 2.75) is 64.5 Å². The number of hydrogen-bond acceptors (Lipinski definition) is 4. The maximum Gasteiger partial charge on any atom is 0.409 e. The predicted molar refractivity (Wildman–Crippen MR) is 97.7 cm³/mol. The molecular formula is C19H32N4O2. The zero-order valence-electron chi connectivity index (χ0n) is 15.7. The van der Waals surface area contributed by atoms with Crippen LogP contribution in [-0.2, 0) is 11.3 Å². The molecule has 1 amide bonds. The lowest BCUT2D eigenvalue weighted by Gasteiger charge is -2.37. The molecule has 2 saturated heterocycles. The fourth-order valence-corrected chi connectivity index (χ4v) is 4.36. The Labute approximate surface area is 151 Å². The molecule has 2 aliphatic rings. The molecule has 0 aliphatic carbocycles. The Bertz CT molecular complexity index is 551. The highest BCUT2D eigenvalue weighted by Crippen LogP contribution is 2.30. The van der Waals surface area contributed by atoms with E-state index in [0.29, 0.717) is 18.6 Å². The number of piperidine rings is 1. The number of carbonyl (C=O) groups excluding carboxylic acids is 1. The molecule has 25 heavy (non-hydrogen) atoms. The maximum atomic E-state index is 12.0. The molecule has 0 aromatic carbocycles. The number of aryl methyl sites for hydroxylation is 1. The third kappa shape index (κ3) is 4.35. The zero-order valence-corrected chi connectivity index (χ0v) is 15.7. The Morgan fingerprint density at radius 1 is 1.16 bits per heavy atom. The summed E-state index contributed by atoms with van der Waals surface area (Å²) < 4.78 is 7.30. The summed E-state index contributed by atoms with van der Waals surface area (Å²) in [5.74, 6) is 0.639. The first-order valence-electron chi connectivity index (χ1n) is 9.90. The van der Waals surface area contributed by atoms with Crippen LogP contribution >= 0.6 is 0 Å². The van der Waals surface area contributed by atoms with Gasteiger partial charge in [-0.15, -0.1) is 0 Å². The molecule has 0 radical (unpaired) electrons. The average Bonchev–Trinajstić information content (AvgIpc) is 2.98. The molecule has 140 valence electrons. The number of aromatic nitrogens is 2. The maximum absolute atomic E-state index is 12.0.